The highest BCUT2D eigenvalue weighted by molar-refractivity contribution is 7.16. The topological polar surface area (TPSA) is 29.5 Å². The van der Waals surface area contributed by atoms with Gasteiger partial charge in [-0.1, -0.05) is 17.7 Å². The van der Waals surface area contributed by atoms with E-state index < -0.39 is 6.10 Å². The number of hydrogen-bond donors (Lipinski definition) is 1. The Morgan fingerprint density at radius 1 is 1.29 bits per heavy atom. The number of halogens is 1. The number of aliphatic hydroxyl groups excluding tert-OH is 1. The molecule has 1 atom stereocenters. The van der Waals surface area contributed by atoms with Crippen LogP contribution >= 0.6 is 22.9 Å². The van der Waals surface area contributed by atoms with Crippen molar-refractivity contribution in [2.45, 2.75) is 13.0 Å². The van der Waals surface area contributed by atoms with E-state index in [9.17, 15) is 5.11 Å². The molecule has 0 radical (unpaired) electrons. The number of benzene rings is 1. The SMILES string of the molecule is COc1ccc(C(O)c2ccc(Cl)s2)cc1C. The monoisotopic (exact) mass is 268 g/mol. The summed E-state index contributed by atoms with van der Waals surface area (Å²) < 4.78 is 5.87. The molecular weight excluding hydrogens is 256 g/mol. The van der Waals surface area contributed by atoms with Gasteiger partial charge in [0.2, 0.25) is 0 Å². The van der Waals surface area contributed by atoms with E-state index in [-0.39, 0.29) is 0 Å². The first kappa shape index (κ1) is 12.4. The van der Waals surface area contributed by atoms with Gasteiger partial charge in [-0.15, -0.1) is 11.3 Å². The third-order valence-corrected chi connectivity index (χ3v) is 3.88. The zero-order valence-corrected chi connectivity index (χ0v) is 11.2. The summed E-state index contributed by atoms with van der Waals surface area (Å²) in [5.41, 5.74) is 1.86. The lowest BCUT2D eigenvalue weighted by molar-refractivity contribution is 0.224. The molecule has 1 N–H and O–H groups in total. The van der Waals surface area contributed by atoms with E-state index in [0.717, 1.165) is 21.8 Å². The quantitative estimate of drug-likeness (QED) is 0.917. The van der Waals surface area contributed by atoms with Gasteiger partial charge >= 0.3 is 0 Å². The second-order valence-corrected chi connectivity index (χ2v) is 5.52. The minimum Gasteiger partial charge on any atom is -0.496 e. The smallest absolute Gasteiger partial charge is 0.121 e. The van der Waals surface area contributed by atoms with Crippen LogP contribution in [0, 0.1) is 6.92 Å². The summed E-state index contributed by atoms with van der Waals surface area (Å²) in [5, 5.41) is 10.2. The maximum absolute atomic E-state index is 10.2. The molecule has 1 aromatic heterocycles. The van der Waals surface area contributed by atoms with Crippen molar-refractivity contribution in [3.05, 3.63) is 50.7 Å². The van der Waals surface area contributed by atoms with E-state index in [0.29, 0.717) is 4.34 Å². The van der Waals surface area contributed by atoms with E-state index in [1.165, 1.54) is 11.3 Å². The molecule has 0 aliphatic heterocycles. The van der Waals surface area contributed by atoms with Crippen LogP contribution in [0.15, 0.2) is 30.3 Å². The fraction of sp³-hybridized carbons (Fsp3) is 0.231. The van der Waals surface area contributed by atoms with Crippen molar-refractivity contribution < 1.29 is 9.84 Å². The van der Waals surface area contributed by atoms with Crippen LogP contribution in [0.2, 0.25) is 4.34 Å². The van der Waals surface area contributed by atoms with Crippen molar-refractivity contribution in [3.8, 4) is 5.75 Å². The summed E-state index contributed by atoms with van der Waals surface area (Å²) in [6.07, 6.45) is -0.628. The third-order valence-electron chi connectivity index (χ3n) is 2.60. The number of rotatable bonds is 3. The molecular formula is C13H13ClO2S. The zero-order valence-electron chi connectivity index (χ0n) is 9.61. The van der Waals surface area contributed by atoms with Crippen molar-refractivity contribution in [1.82, 2.24) is 0 Å². The van der Waals surface area contributed by atoms with Gasteiger partial charge < -0.3 is 9.84 Å². The number of ether oxygens (including phenoxy) is 1. The van der Waals surface area contributed by atoms with E-state index in [1.807, 2.05) is 31.2 Å². The Morgan fingerprint density at radius 3 is 2.59 bits per heavy atom. The van der Waals surface area contributed by atoms with E-state index in [4.69, 9.17) is 16.3 Å². The lowest BCUT2D eigenvalue weighted by Crippen LogP contribution is -1.98. The summed E-state index contributed by atoms with van der Waals surface area (Å²) >= 11 is 7.25. The summed E-state index contributed by atoms with van der Waals surface area (Å²) in [4.78, 5) is 0.847. The molecule has 17 heavy (non-hydrogen) atoms. The molecule has 0 bridgehead atoms. The molecule has 0 aliphatic carbocycles. The van der Waals surface area contributed by atoms with Gasteiger partial charge in [0.1, 0.15) is 11.9 Å². The maximum atomic E-state index is 10.2. The zero-order chi connectivity index (χ0) is 12.4. The molecule has 1 unspecified atom stereocenters. The maximum Gasteiger partial charge on any atom is 0.121 e. The van der Waals surface area contributed by atoms with Crippen LogP contribution in [0.25, 0.3) is 0 Å². The van der Waals surface area contributed by atoms with Gasteiger partial charge in [-0.05, 0) is 42.3 Å². The number of hydrogen-bond acceptors (Lipinski definition) is 3. The van der Waals surface area contributed by atoms with Crippen LogP contribution in [0.5, 0.6) is 5.75 Å². The highest BCUT2D eigenvalue weighted by atomic mass is 35.5. The average molecular weight is 269 g/mol. The number of thiophene rings is 1. The van der Waals surface area contributed by atoms with Crippen LogP contribution in [-0.2, 0) is 0 Å². The van der Waals surface area contributed by atoms with E-state index in [2.05, 4.69) is 0 Å². The standard InChI is InChI=1S/C13H13ClO2S/c1-8-7-9(3-4-10(8)16-2)13(15)11-5-6-12(14)17-11/h3-7,13,15H,1-2H3. The van der Waals surface area contributed by atoms with Crippen molar-refractivity contribution in [2.24, 2.45) is 0 Å². The molecule has 0 saturated heterocycles. The van der Waals surface area contributed by atoms with Crippen LogP contribution in [0.3, 0.4) is 0 Å². The molecule has 0 amide bonds. The molecule has 2 rings (SSSR count). The lowest BCUT2D eigenvalue weighted by Gasteiger charge is -2.11. The Labute approximate surface area is 109 Å². The Bertz CT molecular complexity index is 522. The molecule has 1 heterocycles. The molecule has 0 aliphatic rings. The Hall–Kier alpha value is -1.03. The number of aliphatic hydroxyl groups is 1. The summed E-state index contributed by atoms with van der Waals surface area (Å²) in [6.45, 7) is 1.95. The largest absolute Gasteiger partial charge is 0.496 e. The van der Waals surface area contributed by atoms with Gasteiger partial charge in [-0.3, -0.25) is 0 Å². The number of aryl methyl sites for hydroxylation is 1. The highest BCUT2D eigenvalue weighted by Crippen LogP contribution is 2.32. The third kappa shape index (κ3) is 2.63. The predicted molar refractivity (Wildman–Crippen MR) is 71.1 cm³/mol. The van der Waals surface area contributed by atoms with E-state index >= 15 is 0 Å². The molecule has 4 heteroatoms. The molecule has 0 saturated carbocycles. The first-order chi connectivity index (χ1) is 8.11. The summed E-state index contributed by atoms with van der Waals surface area (Å²) in [5.74, 6) is 0.824. The van der Waals surface area contributed by atoms with Gasteiger partial charge in [-0.2, -0.15) is 0 Å². The van der Waals surface area contributed by atoms with Crippen molar-refractivity contribution >= 4 is 22.9 Å². The predicted octanol–water partition coefficient (Wildman–Crippen LogP) is 3.80. The summed E-state index contributed by atoms with van der Waals surface area (Å²) in [6, 6.07) is 9.29. The van der Waals surface area contributed by atoms with Gasteiger partial charge in [0.15, 0.2) is 0 Å². The Balaban J connectivity index is 2.31. The molecule has 1 aromatic carbocycles. The second kappa shape index (κ2) is 5.08. The lowest BCUT2D eigenvalue weighted by atomic mass is 10.0. The van der Waals surface area contributed by atoms with Gasteiger partial charge in [0, 0.05) is 4.88 Å². The first-order valence-corrected chi connectivity index (χ1v) is 6.39. The van der Waals surface area contributed by atoms with Gasteiger partial charge in [-0.25, -0.2) is 0 Å². The molecule has 0 fully saturated rings. The van der Waals surface area contributed by atoms with Gasteiger partial charge in [0.25, 0.3) is 0 Å². The van der Waals surface area contributed by atoms with Crippen molar-refractivity contribution in [2.75, 3.05) is 7.11 Å². The van der Waals surface area contributed by atoms with Crippen molar-refractivity contribution in [1.29, 1.82) is 0 Å². The minimum atomic E-state index is -0.628. The molecule has 0 spiro atoms. The molecule has 2 aromatic rings. The second-order valence-electron chi connectivity index (χ2n) is 3.77. The Kier molecular flexibility index (Phi) is 3.72. The normalized spacial score (nSPS) is 12.5. The summed E-state index contributed by atoms with van der Waals surface area (Å²) in [7, 11) is 1.64. The van der Waals surface area contributed by atoms with Crippen LogP contribution in [0.4, 0.5) is 0 Å². The fourth-order valence-electron chi connectivity index (χ4n) is 1.71. The van der Waals surface area contributed by atoms with E-state index in [1.54, 1.807) is 13.2 Å². The first-order valence-electron chi connectivity index (χ1n) is 5.19. The average Bonchev–Trinajstić information content (AvgIpc) is 2.75. The van der Waals surface area contributed by atoms with Gasteiger partial charge in [0.05, 0.1) is 11.4 Å². The fourth-order valence-corrected chi connectivity index (χ4v) is 2.79. The minimum absolute atomic E-state index is 0.628. The highest BCUT2D eigenvalue weighted by Gasteiger charge is 2.13. The van der Waals surface area contributed by atoms with Crippen LogP contribution < -0.4 is 4.74 Å². The number of methoxy groups -OCH3 is 1. The Morgan fingerprint density at radius 2 is 2.06 bits per heavy atom. The van der Waals surface area contributed by atoms with Crippen LogP contribution in [-0.4, -0.2) is 12.2 Å². The van der Waals surface area contributed by atoms with Crippen LogP contribution in [0.1, 0.15) is 22.1 Å². The molecule has 2 nitrogen and oxygen atoms in total. The molecule has 90 valence electrons. The van der Waals surface area contributed by atoms with Crippen molar-refractivity contribution in [3.63, 3.8) is 0 Å².